The molecule has 2 aromatic carbocycles. The first-order valence-corrected chi connectivity index (χ1v) is 5.99. The average Bonchev–Trinajstić information content (AvgIpc) is 2.41. The maximum absolute atomic E-state index is 12.5. The summed E-state index contributed by atoms with van der Waals surface area (Å²) in [7, 11) is 0. The molecule has 0 radical (unpaired) electrons. The van der Waals surface area contributed by atoms with E-state index < -0.39 is 11.7 Å². The summed E-state index contributed by atoms with van der Waals surface area (Å²) in [4.78, 5) is 0. The number of rotatable bonds is 2. The van der Waals surface area contributed by atoms with E-state index >= 15 is 0 Å². The van der Waals surface area contributed by atoms with Gasteiger partial charge in [0.25, 0.3) is 0 Å². The van der Waals surface area contributed by atoms with Crippen LogP contribution in [0.4, 0.5) is 18.9 Å². The van der Waals surface area contributed by atoms with E-state index in [-0.39, 0.29) is 10.6 Å². The Labute approximate surface area is 118 Å². The van der Waals surface area contributed by atoms with Crippen molar-refractivity contribution >= 4 is 23.5 Å². The molecule has 0 atom stereocenters. The van der Waals surface area contributed by atoms with Crippen molar-refractivity contribution in [2.24, 2.45) is 0 Å². The van der Waals surface area contributed by atoms with Crippen molar-refractivity contribution < 1.29 is 17.9 Å². The molecule has 0 aliphatic carbocycles. The van der Waals surface area contributed by atoms with Crippen LogP contribution in [0.1, 0.15) is 11.1 Å². The lowest BCUT2D eigenvalue weighted by Crippen LogP contribution is -2.06. The lowest BCUT2D eigenvalue weighted by atomic mass is 10.1. The molecule has 0 amide bonds. The van der Waals surface area contributed by atoms with Crippen LogP contribution in [-0.2, 0) is 6.18 Å². The number of hydrogen-bond donors (Lipinski definition) is 0. The molecule has 2 rings (SSSR count). The fraction of sp³-hybridized carbons (Fsp3) is 0.0714. The molecule has 0 bridgehead atoms. The van der Waals surface area contributed by atoms with Crippen molar-refractivity contribution in [3.8, 4) is 0 Å². The Kier molecular flexibility index (Phi) is 3.99. The number of para-hydroxylation sites is 1. The van der Waals surface area contributed by atoms with Gasteiger partial charge in [0, 0.05) is 12.1 Å². The molecular formula is C14H9ClF3NO. The lowest BCUT2D eigenvalue weighted by Gasteiger charge is -2.08. The van der Waals surface area contributed by atoms with Gasteiger partial charge in [-0.3, -0.25) is 0 Å². The summed E-state index contributed by atoms with van der Waals surface area (Å²) in [5.74, 6) is 0. The molecule has 0 spiro atoms. The van der Waals surface area contributed by atoms with Crippen LogP contribution in [0.15, 0.2) is 48.5 Å². The van der Waals surface area contributed by atoms with Gasteiger partial charge in [-0.1, -0.05) is 29.8 Å². The summed E-state index contributed by atoms with van der Waals surface area (Å²) in [6, 6.07) is 11.1. The average molecular weight is 300 g/mol. The van der Waals surface area contributed by atoms with Gasteiger partial charge in [-0.15, -0.1) is 0 Å². The zero-order chi connectivity index (χ0) is 14.8. The van der Waals surface area contributed by atoms with Gasteiger partial charge in [0.2, 0.25) is 5.69 Å². The Morgan fingerprint density at radius 2 is 1.70 bits per heavy atom. The normalized spacial score (nSPS) is 12.5. The van der Waals surface area contributed by atoms with Crippen molar-refractivity contribution in [2.75, 3.05) is 0 Å². The molecule has 0 aliphatic rings. The molecule has 20 heavy (non-hydrogen) atoms. The van der Waals surface area contributed by atoms with Gasteiger partial charge in [0.05, 0.1) is 16.1 Å². The van der Waals surface area contributed by atoms with E-state index in [1.807, 2.05) is 0 Å². The predicted molar refractivity (Wildman–Crippen MR) is 71.3 cm³/mol. The molecule has 0 fully saturated rings. The fourth-order valence-corrected chi connectivity index (χ4v) is 1.81. The Hall–Kier alpha value is -2.01. The van der Waals surface area contributed by atoms with Crippen molar-refractivity contribution in [1.82, 2.24) is 0 Å². The third kappa shape index (κ3) is 3.30. The number of hydrogen-bond acceptors (Lipinski definition) is 1. The lowest BCUT2D eigenvalue weighted by molar-refractivity contribution is -0.354. The van der Waals surface area contributed by atoms with Gasteiger partial charge < -0.3 is 5.21 Å². The van der Waals surface area contributed by atoms with E-state index in [9.17, 15) is 18.4 Å². The minimum Gasteiger partial charge on any atom is -0.618 e. The quantitative estimate of drug-likeness (QED) is 0.344. The van der Waals surface area contributed by atoms with Gasteiger partial charge in [-0.2, -0.15) is 17.9 Å². The van der Waals surface area contributed by atoms with E-state index in [0.717, 1.165) is 18.3 Å². The molecule has 2 nitrogen and oxygen atoms in total. The number of benzene rings is 2. The largest absolute Gasteiger partial charge is 0.618 e. The maximum Gasteiger partial charge on any atom is 0.416 e. The highest BCUT2D eigenvalue weighted by Crippen LogP contribution is 2.31. The number of halogens is 4. The van der Waals surface area contributed by atoms with Crippen LogP contribution < -0.4 is 0 Å². The molecule has 0 saturated carbocycles. The molecule has 0 aromatic heterocycles. The molecule has 0 N–H and O–H groups in total. The number of nitrogens with zero attached hydrogens (tertiary/aromatic N) is 1. The first-order chi connectivity index (χ1) is 9.38. The van der Waals surface area contributed by atoms with Crippen LogP contribution >= 0.6 is 11.6 Å². The minimum absolute atomic E-state index is 0.128. The van der Waals surface area contributed by atoms with Crippen molar-refractivity contribution in [2.45, 2.75) is 6.18 Å². The smallest absolute Gasteiger partial charge is 0.416 e. The molecule has 104 valence electrons. The SMILES string of the molecule is [O-][N+](=Cc1ccc(C(F)(F)F)cc1Cl)c1ccccc1. The number of alkyl halides is 3. The predicted octanol–water partition coefficient (Wildman–Crippen LogP) is 4.62. The molecule has 0 unspecified atom stereocenters. The molecule has 0 aliphatic heterocycles. The molecule has 0 saturated heterocycles. The standard InChI is InChI=1S/C14H9ClF3NO/c15-13-8-11(14(16,17)18)7-6-10(13)9-19(20)12-4-2-1-3-5-12/h1-9H. The van der Waals surface area contributed by atoms with Crippen molar-refractivity contribution in [3.05, 3.63) is 69.9 Å². The second-order valence-electron chi connectivity index (χ2n) is 4.02. The topological polar surface area (TPSA) is 26.1 Å². The van der Waals surface area contributed by atoms with Gasteiger partial charge in [0.15, 0.2) is 6.21 Å². The molecule has 0 heterocycles. The van der Waals surface area contributed by atoms with Gasteiger partial charge >= 0.3 is 6.18 Å². The summed E-state index contributed by atoms with van der Waals surface area (Å²) in [6.07, 6.45) is -3.32. The maximum atomic E-state index is 12.5. The zero-order valence-corrected chi connectivity index (χ0v) is 10.8. The van der Waals surface area contributed by atoms with Gasteiger partial charge in [-0.25, -0.2) is 0 Å². The van der Waals surface area contributed by atoms with E-state index in [1.165, 1.54) is 6.07 Å². The molecular weight excluding hydrogens is 291 g/mol. The summed E-state index contributed by atoms with van der Waals surface area (Å²) >= 11 is 5.77. The van der Waals surface area contributed by atoms with Crippen molar-refractivity contribution in [1.29, 1.82) is 0 Å². The van der Waals surface area contributed by atoms with E-state index in [2.05, 4.69) is 0 Å². The van der Waals surface area contributed by atoms with Crippen molar-refractivity contribution in [3.63, 3.8) is 0 Å². The monoisotopic (exact) mass is 299 g/mol. The first-order valence-electron chi connectivity index (χ1n) is 5.61. The summed E-state index contributed by atoms with van der Waals surface area (Å²) in [6.45, 7) is 0. The van der Waals surface area contributed by atoms with Gasteiger partial charge in [0.1, 0.15) is 0 Å². The Morgan fingerprint density at radius 3 is 2.25 bits per heavy atom. The molecule has 6 heteroatoms. The Morgan fingerprint density at radius 1 is 1.05 bits per heavy atom. The zero-order valence-electron chi connectivity index (χ0n) is 10.1. The first kappa shape index (κ1) is 14.4. The van der Waals surface area contributed by atoms with E-state index in [4.69, 9.17) is 11.6 Å². The third-order valence-electron chi connectivity index (χ3n) is 2.59. The van der Waals surface area contributed by atoms with E-state index in [0.29, 0.717) is 10.4 Å². The minimum atomic E-state index is -4.46. The Balaban J connectivity index is 2.35. The van der Waals surface area contributed by atoms with Crippen LogP contribution in [0.25, 0.3) is 0 Å². The highest BCUT2D eigenvalue weighted by Gasteiger charge is 2.30. The summed E-state index contributed by atoms with van der Waals surface area (Å²) in [5, 5.41) is 11.7. The fourth-order valence-electron chi connectivity index (χ4n) is 1.58. The molecule has 2 aromatic rings. The highest BCUT2D eigenvalue weighted by molar-refractivity contribution is 6.33. The van der Waals surface area contributed by atoms with Crippen LogP contribution in [0.5, 0.6) is 0 Å². The van der Waals surface area contributed by atoms with Gasteiger partial charge in [-0.05, 0) is 18.2 Å². The van der Waals surface area contributed by atoms with Crippen LogP contribution in [0.3, 0.4) is 0 Å². The Bertz CT molecular complexity index is 639. The summed E-state index contributed by atoms with van der Waals surface area (Å²) in [5.41, 5.74) is -0.265. The second kappa shape index (κ2) is 5.54. The van der Waals surface area contributed by atoms with Crippen LogP contribution in [-0.4, -0.2) is 11.0 Å². The third-order valence-corrected chi connectivity index (χ3v) is 2.92. The van der Waals surface area contributed by atoms with Crippen LogP contribution in [0.2, 0.25) is 5.02 Å². The summed E-state index contributed by atoms with van der Waals surface area (Å²) < 4.78 is 38.0. The highest BCUT2D eigenvalue weighted by atomic mass is 35.5. The van der Waals surface area contributed by atoms with Crippen LogP contribution in [0, 0.1) is 5.21 Å². The van der Waals surface area contributed by atoms with E-state index in [1.54, 1.807) is 30.3 Å². The second-order valence-corrected chi connectivity index (χ2v) is 4.43.